The molecule has 122 valence electrons. The van der Waals surface area contributed by atoms with Crippen molar-refractivity contribution in [3.8, 4) is 0 Å². The number of benzene rings is 2. The maximum Gasteiger partial charge on any atom is 0.0234 e. The van der Waals surface area contributed by atoms with Gasteiger partial charge in [0.15, 0.2) is 0 Å². The SMILES string of the molecule is Brc1ccc(CN2CCN(CCCc3ccccc3)CC2)cc1. The van der Waals surface area contributed by atoms with Crippen molar-refractivity contribution in [3.63, 3.8) is 0 Å². The summed E-state index contributed by atoms with van der Waals surface area (Å²) in [6.07, 6.45) is 2.46. The molecule has 0 radical (unpaired) electrons. The second-order valence-corrected chi connectivity index (χ2v) is 7.25. The molecule has 1 aliphatic rings. The lowest BCUT2D eigenvalue weighted by atomic mass is 10.1. The summed E-state index contributed by atoms with van der Waals surface area (Å²) in [7, 11) is 0. The van der Waals surface area contributed by atoms with Gasteiger partial charge < -0.3 is 4.90 Å². The van der Waals surface area contributed by atoms with E-state index in [4.69, 9.17) is 0 Å². The van der Waals surface area contributed by atoms with Crippen molar-refractivity contribution >= 4 is 15.9 Å². The summed E-state index contributed by atoms with van der Waals surface area (Å²) in [4.78, 5) is 5.18. The van der Waals surface area contributed by atoms with Crippen LogP contribution in [0.15, 0.2) is 59.1 Å². The van der Waals surface area contributed by atoms with Gasteiger partial charge in [0.25, 0.3) is 0 Å². The zero-order valence-corrected chi connectivity index (χ0v) is 15.2. The third-order valence-electron chi connectivity index (χ3n) is 4.57. The van der Waals surface area contributed by atoms with Crippen molar-refractivity contribution in [1.29, 1.82) is 0 Å². The predicted octanol–water partition coefficient (Wildman–Crippen LogP) is 4.20. The summed E-state index contributed by atoms with van der Waals surface area (Å²) in [5.74, 6) is 0. The first-order chi connectivity index (χ1) is 11.3. The van der Waals surface area contributed by atoms with Crippen molar-refractivity contribution in [2.75, 3.05) is 32.7 Å². The Morgan fingerprint density at radius 2 is 1.39 bits per heavy atom. The van der Waals surface area contributed by atoms with Crippen LogP contribution in [0.2, 0.25) is 0 Å². The van der Waals surface area contributed by atoms with E-state index < -0.39 is 0 Å². The molecule has 0 aliphatic carbocycles. The molecule has 1 heterocycles. The van der Waals surface area contributed by atoms with Crippen LogP contribution in [0.4, 0.5) is 0 Å². The van der Waals surface area contributed by atoms with Gasteiger partial charge in [0.05, 0.1) is 0 Å². The van der Waals surface area contributed by atoms with E-state index in [9.17, 15) is 0 Å². The van der Waals surface area contributed by atoms with Gasteiger partial charge in [-0.1, -0.05) is 58.4 Å². The van der Waals surface area contributed by atoms with E-state index in [-0.39, 0.29) is 0 Å². The molecule has 1 aliphatic heterocycles. The number of hydrogen-bond donors (Lipinski definition) is 0. The lowest BCUT2D eigenvalue weighted by Gasteiger charge is -2.34. The number of nitrogens with zero attached hydrogens (tertiary/aromatic N) is 2. The van der Waals surface area contributed by atoms with Gasteiger partial charge in [0, 0.05) is 37.2 Å². The molecule has 1 saturated heterocycles. The average Bonchev–Trinajstić information content (AvgIpc) is 2.59. The normalized spacial score (nSPS) is 16.6. The molecule has 0 spiro atoms. The lowest BCUT2D eigenvalue weighted by Crippen LogP contribution is -2.46. The zero-order valence-electron chi connectivity index (χ0n) is 13.6. The highest BCUT2D eigenvalue weighted by molar-refractivity contribution is 9.10. The Labute approximate surface area is 148 Å². The van der Waals surface area contributed by atoms with Crippen LogP contribution in [0.3, 0.4) is 0 Å². The maximum atomic E-state index is 3.50. The maximum absolute atomic E-state index is 3.50. The number of aryl methyl sites for hydroxylation is 1. The van der Waals surface area contributed by atoms with E-state index in [0.717, 1.165) is 11.0 Å². The summed E-state index contributed by atoms with van der Waals surface area (Å²) in [5, 5.41) is 0. The second-order valence-electron chi connectivity index (χ2n) is 6.33. The van der Waals surface area contributed by atoms with Gasteiger partial charge >= 0.3 is 0 Å². The van der Waals surface area contributed by atoms with E-state index in [1.165, 1.54) is 56.7 Å². The van der Waals surface area contributed by atoms with Crippen molar-refractivity contribution < 1.29 is 0 Å². The van der Waals surface area contributed by atoms with Crippen LogP contribution in [0.5, 0.6) is 0 Å². The Bertz CT molecular complexity index is 574. The number of hydrogen-bond acceptors (Lipinski definition) is 2. The Morgan fingerprint density at radius 1 is 0.739 bits per heavy atom. The Kier molecular flexibility index (Phi) is 6.26. The molecule has 0 amide bonds. The number of rotatable bonds is 6. The number of halogens is 1. The van der Waals surface area contributed by atoms with Gasteiger partial charge in [0.2, 0.25) is 0 Å². The third-order valence-corrected chi connectivity index (χ3v) is 5.10. The molecule has 0 unspecified atom stereocenters. The van der Waals surface area contributed by atoms with Gasteiger partial charge in [-0.25, -0.2) is 0 Å². The molecule has 0 atom stereocenters. The Morgan fingerprint density at radius 3 is 2.09 bits per heavy atom. The topological polar surface area (TPSA) is 6.48 Å². The van der Waals surface area contributed by atoms with Crippen LogP contribution in [0.25, 0.3) is 0 Å². The standard InChI is InChI=1S/C20H25BrN2/c21-20-10-8-19(9-11-20)17-23-15-13-22(14-16-23)12-4-7-18-5-2-1-3-6-18/h1-3,5-6,8-11H,4,7,12-17H2. The minimum Gasteiger partial charge on any atom is -0.301 e. The fourth-order valence-electron chi connectivity index (χ4n) is 3.17. The minimum absolute atomic E-state index is 1.07. The van der Waals surface area contributed by atoms with Crippen LogP contribution in [-0.2, 0) is 13.0 Å². The van der Waals surface area contributed by atoms with Gasteiger partial charge in [0.1, 0.15) is 0 Å². The molecule has 0 N–H and O–H groups in total. The average molecular weight is 373 g/mol. The van der Waals surface area contributed by atoms with Crippen molar-refractivity contribution in [3.05, 3.63) is 70.2 Å². The largest absolute Gasteiger partial charge is 0.301 e. The van der Waals surface area contributed by atoms with Gasteiger partial charge in [-0.3, -0.25) is 4.90 Å². The van der Waals surface area contributed by atoms with Gasteiger partial charge in [-0.2, -0.15) is 0 Å². The number of piperazine rings is 1. The Balaban J connectivity index is 1.36. The minimum atomic E-state index is 1.07. The molecule has 0 bridgehead atoms. The lowest BCUT2D eigenvalue weighted by molar-refractivity contribution is 0.126. The molecule has 0 aromatic heterocycles. The quantitative estimate of drug-likeness (QED) is 0.749. The molecule has 2 nitrogen and oxygen atoms in total. The van der Waals surface area contributed by atoms with Crippen LogP contribution in [0, 0.1) is 0 Å². The van der Waals surface area contributed by atoms with E-state index in [1.54, 1.807) is 0 Å². The highest BCUT2D eigenvalue weighted by Crippen LogP contribution is 2.14. The smallest absolute Gasteiger partial charge is 0.0234 e. The molecule has 0 saturated carbocycles. The first-order valence-electron chi connectivity index (χ1n) is 8.53. The molecule has 2 aromatic rings. The van der Waals surface area contributed by atoms with Crippen LogP contribution < -0.4 is 0 Å². The highest BCUT2D eigenvalue weighted by Gasteiger charge is 2.16. The van der Waals surface area contributed by atoms with Crippen molar-refractivity contribution in [2.45, 2.75) is 19.4 Å². The molecular weight excluding hydrogens is 348 g/mol. The second kappa shape index (κ2) is 8.62. The van der Waals surface area contributed by atoms with E-state index in [2.05, 4.69) is 80.3 Å². The van der Waals surface area contributed by atoms with Gasteiger partial charge in [-0.15, -0.1) is 0 Å². The summed E-state index contributed by atoms with van der Waals surface area (Å²) in [6, 6.07) is 19.5. The summed E-state index contributed by atoms with van der Waals surface area (Å²) in [6.45, 7) is 7.06. The summed E-state index contributed by atoms with van der Waals surface area (Å²) in [5.41, 5.74) is 2.87. The molecule has 23 heavy (non-hydrogen) atoms. The van der Waals surface area contributed by atoms with Gasteiger partial charge in [-0.05, 0) is 42.6 Å². The third kappa shape index (κ3) is 5.45. The first-order valence-corrected chi connectivity index (χ1v) is 9.32. The molecule has 3 rings (SSSR count). The molecular formula is C20H25BrN2. The van der Waals surface area contributed by atoms with E-state index >= 15 is 0 Å². The fraction of sp³-hybridized carbons (Fsp3) is 0.400. The van der Waals surface area contributed by atoms with Crippen LogP contribution in [-0.4, -0.2) is 42.5 Å². The zero-order chi connectivity index (χ0) is 15.9. The molecule has 3 heteroatoms. The van der Waals surface area contributed by atoms with E-state index in [1.807, 2.05) is 0 Å². The van der Waals surface area contributed by atoms with Crippen molar-refractivity contribution in [1.82, 2.24) is 9.80 Å². The Hall–Kier alpha value is -1.16. The molecule has 2 aromatic carbocycles. The fourth-order valence-corrected chi connectivity index (χ4v) is 3.43. The highest BCUT2D eigenvalue weighted by atomic mass is 79.9. The predicted molar refractivity (Wildman–Crippen MR) is 101 cm³/mol. The first kappa shape index (κ1) is 16.7. The summed E-state index contributed by atoms with van der Waals surface area (Å²) < 4.78 is 1.16. The molecule has 1 fully saturated rings. The van der Waals surface area contributed by atoms with Crippen LogP contribution >= 0.6 is 15.9 Å². The van der Waals surface area contributed by atoms with E-state index in [0.29, 0.717) is 0 Å². The van der Waals surface area contributed by atoms with Crippen LogP contribution in [0.1, 0.15) is 17.5 Å². The summed E-state index contributed by atoms with van der Waals surface area (Å²) >= 11 is 3.50. The monoisotopic (exact) mass is 372 g/mol. The van der Waals surface area contributed by atoms with Crippen molar-refractivity contribution in [2.24, 2.45) is 0 Å².